The van der Waals surface area contributed by atoms with Gasteiger partial charge in [0, 0.05) is 19.2 Å². The van der Waals surface area contributed by atoms with Crippen molar-refractivity contribution >= 4 is 0 Å². The molecule has 0 bridgehead atoms. The molecular weight excluding hydrogens is 198 g/mol. The normalized spacial score (nSPS) is 40.1. The van der Waals surface area contributed by atoms with E-state index in [0.29, 0.717) is 12.1 Å². The van der Waals surface area contributed by atoms with E-state index in [2.05, 4.69) is 12.2 Å². The molecule has 0 amide bonds. The van der Waals surface area contributed by atoms with Crippen molar-refractivity contribution in [3.63, 3.8) is 0 Å². The first-order valence-corrected chi connectivity index (χ1v) is 7.12. The predicted molar refractivity (Wildman–Crippen MR) is 67.6 cm³/mol. The van der Waals surface area contributed by atoms with Gasteiger partial charge in [-0.2, -0.15) is 0 Å². The van der Waals surface area contributed by atoms with Crippen molar-refractivity contribution in [2.75, 3.05) is 7.11 Å². The molecule has 2 aliphatic carbocycles. The summed E-state index contributed by atoms with van der Waals surface area (Å²) in [6, 6.07) is 1.39. The minimum Gasteiger partial charge on any atom is -0.380 e. The number of hydrogen-bond acceptors (Lipinski definition) is 2. The highest BCUT2D eigenvalue weighted by Gasteiger charge is 2.30. The van der Waals surface area contributed by atoms with E-state index in [9.17, 15) is 0 Å². The Hall–Kier alpha value is -0.0800. The van der Waals surface area contributed by atoms with Crippen LogP contribution in [0.15, 0.2) is 0 Å². The highest BCUT2D eigenvalue weighted by Crippen LogP contribution is 2.29. The fraction of sp³-hybridized carbons (Fsp3) is 1.00. The second-order valence-electron chi connectivity index (χ2n) is 5.62. The molecule has 16 heavy (non-hydrogen) atoms. The summed E-state index contributed by atoms with van der Waals surface area (Å²) < 4.78 is 5.56. The molecule has 1 N–H and O–H groups in total. The Morgan fingerprint density at radius 1 is 1.12 bits per heavy atom. The standard InChI is InChI=1S/C14H27NO/c1-3-11-6-4-7-12(10-11)15-13-8-5-9-14(13)16-2/h11-15H,3-10H2,1-2H3. The third-order valence-electron chi connectivity index (χ3n) is 4.57. The Kier molecular flexibility index (Phi) is 4.66. The lowest BCUT2D eigenvalue weighted by Crippen LogP contribution is -2.45. The van der Waals surface area contributed by atoms with Gasteiger partial charge in [-0.15, -0.1) is 0 Å². The smallest absolute Gasteiger partial charge is 0.0724 e. The van der Waals surface area contributed by atoms with Crippen molar-refractivity contribution in [2.24, 2.45) is 5.92 Å². The first-order chi connectivity index (χ1) is 7.83. The van der Waals surface area contributed by atoms with Gasteiger partial charge >= 0.3 is 0 Å². The van der Waals surface area contributed by atoms with Gasteiger partial charge in [-0.1, -0.05) is 26.2 Å². The summed E-state index contributed by atoms with van der Waals surface area (Å²) in [5.41, 5.74) is 0. The quantitative estimate of drug-likeness (QED) is 0.794. The molecule has 0 aliphatic heterocycles. The predicted octanol–water partition coefficient (Wildman–Crippen LogP) is 3.11. The number of hydrogen-bond donors (Lipinski definition) is 1. The molecule has 2 rings (SSSR count). The fourth-order valence-corrected chi connectivity index (χ4v) is 3.51. The summed E-state index contributed by atoms with van der Waals surface area (Å²) in [6.45, 7) is 2.33. The summed E-state index contributed by atoms with van der Waals surface area (Å²) in [4.78, 5) is 0. The Balaban J connectivity index is 1.79. The van der Waals surface area contributed by atoms with Crippen LogP contribution >= 0.6 is 0 Å². The third kappa shape index (κ3) is 2.98. The van der Waals surface area contributed by atoms with Crippen LogP contribution < -0.4 is 5.32 Å². The Morgan fingerprint density at radius 3 is 2.69 bits per heavy atom. The van der Waals surface area contributed by atoms with E-state index in [4.69, 9.17) is 4.74 Å². The Morgan fingerprint density at radius 2 is 1.94 bits per heavy atom. The summed E-state index contributed by atoms with van der Waals surface area (Å²) >= 11 is 0. The van der Waals surface area contributed by atoms with Crippen molar-refractivity contribution in [2.45, 2.75) is 76.5 Å². The van der Waals surface area contributed by atoms with Gasteiger partial charge in [0.15, 0.2) is 0 Å². The van der Waals surface area contributed by atoms with Gasteiger partial charge in [-0.05, 0) is 38.0 Å². The number of ether oxygens (including phenoxy) is 1. The van der Waals surface area contributed by atoms with E-state index in [1.807, 2.05) is 7.11 Å². The second-order valence-corrected chi connectivity index (χ2v) is 5.62. The fourth-order valence-electron chi connectivity index (χ4n) is 3.51. The zero-order valence-corrected chi connectivity index (χ0v) is 10.9. The van der Waals surface area contributed by atoms with E-state index in [1.54, 1.807) is 0 Å². The van der Waals surface area contributed by atoms with Crippen molar-refractivity contribution < 1.29 is 4.74 Å². The molecule has 2 nitrogen and oxygen atoms in total. The maximum Gasteiger partial charge on any atom is 0.0724 e. The van der Waals surface area contributed by atoms with Gasteiger partial charge < -0.3 is 10.1 Å². The average Bonchev–Trinajstić information content (AvgIpc) is 2.76. The van der Waals surface area contributed by atoms with E-state index < -0.39 is 0 Å². The average molecular weight is 225 g/mol. The molecule has 94 valence electrons. The van der Waals surface area contributed by atoms with Crippen molar-refractivity contribution in [3.8, 4) is 0 Å². The zero-order valence-electron chi connectivity index (χ0n) is 10.9. The molecule has 2 aliphatic rings. The highest BCUT2D eigenvalue weighted by molar-refractivity contribution is 4.88. The maximum atomic E-state index is 5.56. The third-order valence-corrected chi connectivity index (χ3v) is 4.57. The van der Waals surface area contributed by atoms with Crippen LogP contribution in [0.4, 0.5) is 0 Å². The lowest BCUT2D eigenvalue weighted by molar-refractivity contribution is 0.0772. The van der Waals surface area contributed by atoms with Crippen LogP contribution in [-0.2, 0) is 4.74 Å². The molecule has 0 radical (unpaired) electrons. The van der Waals surface area contributed by atoms with Crippen LogP contribution in [0.5, 0.6) is 0 Å². The first-order valence-electron chi connectivity index (χ1n) is 7.12. The van der Waals surface area contributed by atoms with Crippen molar-refractivity contribution in [1.82, 2.24) is 5.32 Å². The van der Waals surface area contributed by atoms with E-state index in [-0.39, 0.29) is 0 Å². The first kappa shape index (κ1) is 12.4. The largest absolute Gasteiger partial charge is 0.380 e. The molecule has 2 heteroatoms. The minimum atomic E-state index is 0.474. The van der Waals surface area contributed by atoms with Gasteiger partial charge in [0.05, 0.1) is 6.10 Å². The number of methoxy groups -OCH3 is 1. The van der Waals surface area contributed by atoms with Crippen LogP contribution in [0, 0.1) is 5.92 Å². The molecule has 4 unspecified atom stereocenters. The molecule has 2 fully saturated rings. The SMILES string of the molecule is CCC1CCCC(NC2CCCC2OC)C1. The molecule has 0 heterocycles. The molecule has 0 aromatic heterocycles. The maximum absolute atomic E-state index is 5.56. The van der Waals surface area contributed by atoms with E-state index in [1.165, 1.54) is 51.4 Å². The monoisotopic (exact) mass is 225 g/mol. The van der Waals surface area contributed by atoms with Crippen molar-refractivity contribution in [1.29, 1.82) is 0 Å². The molecular formula is C14H27NO. The highest BCUT2D eigenvalue weighted by atomic mass is 16.5. The molecule has 0 aromatic carbocycles. The molecule has 4 atom stereocenters. The minimum absolute atomic E-state index is 0.474. The molecule has 0 spiro atoms. The van der Waals surface area contributed by atoms with Gasteiger partial charge in [-0.25, -0.2) is 0 Å². The van der Waals surface area contributed by atoms with Crippen LogP contribution in [0.1, 0.15) is 58.3 Å². The van der Waals surface area contributed by atoms with Crippen LogP contribution in [0.2, 0.25) is 0 Å². The van der Waals surface area contributed by atoms with E-state index >= 15 is 0 Å². The van der Waals surface area contributed by atoms with Crippen LogP contribution in [0.3, 0.4) is 0 Å². The van der Waals surface area contributed by atoms with Crippen LogP contribution in [0.25, 0.3) is 0 Å². The summed E-state index contributed by atoms with van der Waals surface area (Å²) in [7, 11) is 1.86. The lowest BCUT2D eigenvalue weighted by atomic mass is 9.84. The van der Waals surface area contributed by atoms with Gasteiger partial charge in [0.1, 0.15) is 0 Å². The van der Waals surface area contributed by atoms with E-state index in [0.717, 1.165) is 12.0 Å². The summed E-state index contributed by atoms with van der Waals surface area (Å²) in [5, 5.41) is 3.86. The zero-order chi connectivity index (χ0) is 11.4. The van der Waals surface area contributed by atoms with Crippen LogP contribution in [-0.4, -0.2) is 25.3 Å². The van der Waals surface area contributed by atoms with Crippen molar-refractivity contribution in [3.05, 3.63) is 0 Å². The second kappa shape index (κ2) is 6.02. The summed E-state index contributed by atoms with van der Waals surface area (Å²) in [6.07, 6.45) is 11.4. The topological polar surface area (TPSA) is 21.3 Å². The number of nitrogens with one attached hydrogen (secondary N) is 1. The molecule has 0 aromatic rings. The Bertz CT molecular complexity index is 207. The Labute approximate surface area is 100 Å². The molecule has 0 saturated heterocycles. The van der Waals surface area contributed by atoms with Gasteiger partial charge in [0.25, 0.3) is 0 Å². The summed E-state index contributed by atoms with van der Waals surface area (Å²) in [5.74, 6) is 0.966. The van der Waals surface area contributed by atoms with Gasteiger partial charge in [0.2, 0.25) is 0 Å². The molecule has 2 saturated carbocycles. The van der Waals surface area contributed by atoms with Gasteiger partial charge in [-0.3, -0.25) is 0 Å². The lowest BCUT2D eigenvalue weighted by Gasteiger charge is -2.33. The number of rotatable bonds is 4.